The summed E-state index contributed by atoms with van der Waals surface area (Å²) in [6.07, 6.45) is 4.47. The molecule has 3 heteroatoms. The third-order valence-corrected chi connectivity index (χ3v) is 3.76. The Bertz CT molecular complexity index is 202. The maximum absolute atomic E-state index is 11.2. The molecule has 0 aromatic rings. The van der Waals surface area contributed by atoms with Crippen molar-refractivity contribution in [2.75, 3.05) is 26.7 Å². The highest BCUT2D eigenvalue weighted by molar-refractivity contribution is 5.59. The van der Waals surface area contributed by atoms with Crippen molar-refractivity contribution >= 4 is 6.29 Å². The lowest BCUT2D eigenvalue weighted by Gasteiger charge is -2.30. The van der Waals surface area contributed by atoms with Gasteiger partial charge in [-0.25, -0.2) is 0 Å². The van der Waals surface area contributed by atoms with E-state index in [1.807, 2.05) is 0 Å². The van der Waals surface area contributed by atoms with Crippen molar-refractivity contribution in [2.45, 2.75) is 39.2 Å². The van der Waals surface area contributed by atoms with Gasteiger partial charge in [-0.3, -0.25) is 4.90 Å². The van der Waals surface area contributed by atoms with Crippen molar-refractivity contribution in [3.05, 3.63) is 0 Å². The largest absolute Gasteiger partial charge is 0.380 e. The highest BCUT2D eigenvalue weighted by Crippen LogP contribution is 2.27. The summed E-state index contributed by atoms with van der Waals surface area (Å²) in [4.78, 5) is 13.5. The Labute approximate surface area is 92.8 Å². The second kappa shape index (κ2) is 5.61. The second-order valence-corrected chi connectivity index (χ2v) is 4.57. The zero-order valence-corrected chi connectivity index (χ0v) is 10.2. The van der Waals surface area contributed by atoms with Crippen LogP contribution >= 0.6 is 0 Å². The first kappa shape index (κ1) is 12.7. The van der Waals surface area contributed by atoms with Gasteiger partial charge in [-0.15, -0.1) is 0 Å². The van der Waals surface area contributed by atoms with Crippen LogP contribution in [0.2, 0.25) is 0 Å². The average Bonchev–Trinajstić information content (AvgIpc) is 2.73. The first-order valence-corrected chi connectivity index (χ1v) is 5.91. The van der Waals surface area contributed by atoms with Crippen LogP contribution in [0, 0.1) is 5.41 Å². The molecule has 1 rings (SSSR count). The summed E-state index contributed by atoms with van der Waals surface area (Å²) in [6.45, 7) is 7.13. The molecule has 0 N–H and O–H groups in total. The molecule has 0 amide bonds. The number of nitrogens with zero attached hydrogens (tertiary/aromatic N) is 1. The molecule has 0 spiro atoms. The number of methoxy groups -OCH3 is 1. The molecule has 1 aliphatic heterocycles. The fourth-order valence-corrected chi connectivity index (χ4v) is 2.26. The Morgan fingerprint density at radius 1 is 1.47 bits per heavy atom. The predicted octanol–water partition coefficient (Wildman–Crippen LogP) is 1.71. The van der Waals surface area contributed by atoms with Crippen LogP contribution in [-0.2, 0) is 9.53 Å². The van der Waals surface area contributed by atoms with Gasteiger partial charge in [-0.2, -0.15) is 0 Å². The molecule has 1 heterocycles. The number of likely N-dealkylation sites (tertiary alicyclic amines) is 1. The fourth-order valence-electron chi connectivity index (χ4n) is 2.26. The first-order chi connectivity index (χ1) is 7.19. The smallest absolute Gasteiger partial charge is 0.127 e. The number of hydrogen-bond donors (Lipinski definition) is 0. The third kappa shape index (κ3) is 3.02. The van der Waals surface area contributed by atoms with Gasteiger partial charge in [0.2, 0.25) is 0 Å². The molecule has 0 bridgehead atoms. The van der Waals surface area contributed by atoms with Gasteiger partial charge in [-0.1, -0.05) is 13.8 Å². The molecule has 1 fully saturated rings. The van der Waals surface area contributed by atoms with E-state index in [1.165, 1.54) is 0 Å². The molecule has 1 saturated heterocycles. The zero-order valence-electron chi connectivity index (χ0n) is 10.2. The monoisotopic (exact) mass is 213 g/mol. The molecule has 3 nitrogen and oxygen atoms in total. The van der Waals surface area contributed by atoms with Crippen LogP contribution in [0.1, 0.15) is 33.1 Å². The Morgan fingerprint density at radius 3 is 2.53 bits per heavy atom. The standard InChI is InChI=1S/C12H23NO2/c1-4-12(5-2,10-14)9-13-7-6-11(8-13)15-3/h10-11H,4-9H2,1-3H3. The van der Waals surface area contributed by atoms with Crippen molar-refractivity contribution in [1.29, 1.82) is 0 Å². The molecule has 1 atom stereocenters. The van der Waals surface area contributed by atoms with Crippen LogP contribution in [0.4, 0.5) is 0 Å². The second-order valence-electron chi connectivity index (χ2n) is 4.57. The van der Waals surface area contributed by atoms with Crippen LogP contribution in [-0.4, -0.2) is 44.0 Å². The lowest BCUT2D eigenvalue weighted by atomic mass is 9.83. The highest BCUT2D eigenvalue weighted by atomic mass is 16.5. The van der Waals surface area contributed by atoms with Crippen molar-refractivity contribution in [2.24, 2.45) is 5.41 Å². The van der Waals surface area contributed by atoms with E-state index in [0.717, 1.165) is 45.2 Å². The summed E-state index contributed by atoms with van der Waals surface area (Å²) < 4.78 is 5.33. The molecular weight excluding hydrogens is 190 g/mol. The van der Waals surface area contributed by atoms with Crippen LogP contribution < -0.4 is 0 Å². The average molecular weight is 213 g/mol. The van der Waals surface area contributed by atoms with Crippen LogP contribution in [0.5, 0.6) is 0 Å². The van der Waals surface area contributed by atoms with E-state index in [2.05, 4.69) is 18.7 Å². The fraction of sp³-hybridized carbons (Fsp3) is 0.917. The predicted molar refractivity (Wildman–Crippen MR) is 60.9 cm³/mol. The summed E-state index contributed by atoms with van der Waals surface area (Å²) in [6, 6.07) is 0. The van der Waals surface area contributed by atoms with E-state index in [9.17, 15) is 4.79 Å². The normalized spacial score (nSPS) is 23.3. The summed E-state index contributed by atoms with van der Waals surface area (Å²) in [5.74, 6) is 0. The minimum absolute atomic E-state index is 0.136. The lowest BCUT2D eigenvalue weighted by Crippen LogP contribution is -2.37. The van der Waals surface area contributed by atoms with Gasteiger partial charge in [0.15, 0.2) is 0 Å². The summed E-state index contributed by atoms with van der Waals surface area (Å²) >= 11 is 0. The van der Waals surface area contributed by atoms with Gasteiger partial charge in [0.05, 0.1) is 6.10 Å². The van der Waals surface area contributed by atoms with E-state index in [0.29, 0.717) is 6.10 Å². The van der Waals surface area contributed by atoms with E-state index >= 15 is 0 Å². The molecule has 15 heavy (non-hydrogen) atoms. The first-order valence-electron chi connectivity index (χ1n) is 5.91. The Balaban J connectivity index is 2.49. The van der Waals surface area contributed by atoms with Crippen molar-refractivity contribution in [3.63, 3.8) is 0 Å². The summed E-state index contributed by atoms with van der Waals surface area (Å²) in [7, 11) is 1.76. The SMILES string of the molecule is CCC(C=O)(CC)CN1CCC(OC)C1. The minimum Gasteiger partial charge on any atom is -0.380 e. The Morgan fingerprint density at radius 2 is 2.13 bits per heavy atom. The van der Waals surface area contributed by atoms with E-state index in [-0.39, 0.29) is 5.41 Å². The van der Waals surface area contributed by atoms with Gasteiger partial charge in [0.25, 0.3) is 0 Å². The van der Waals surface area contributed by atoms with Crippen LogP contribution in [0.15, 0.2) is 0 Å². The lowest BCUT2D eigenvalue weighted by molar-refractivity contribution is -0.117. The Kier molecular flexibility index (Phi) is 4.74. The molecule has 0 aliphatic carbocycles. The van der Waals surface area contributed by atoms with Gasteiger partial charge in [0, 0.05) is 32.2 Å². The summed E-state index contributed by atoms with van der Waals surface area (Å²) in [5.41, 5.74) is -0.136. The molecule has 1 aliphatic rings. The third-order valence-electron chi connectivity index (χ3n) is 3.76. The van der Waals surface area contributed by atoms with E-state index < -0.39 is 0 Å². The molecule has 0 saturated carbocycles. The maximum Gasteiger partial charge on any atom is 0.127 e. The highest BCUT2D eigenvalue weighted by Gasteiger charge is 2.31. The van der Waals surface area contributed by atoms with Gasteiger partial charge in [-0.05, 0) is 19.3 Å². The Hall–Kier alpha value is -0.410. The van der Waals surface area contributed by atoms with Crippen LogP contribution in [0.25, 0.3) is 0 Å². The molecule has 0 radical (unpaired) electrons. The molecular formula is C12H23NO2. The minimum atomic E-state index is -0.136. The van der Waals surface area contributed by atoms with Gasteiger partial charge < -0.3 is 9.53 Å². The topological polar surface area (TPSA) is 29.5 Å². The molecule has 0 aromatic heterocycles. The maximum atomic E-state index is 11.2. The van der Waals surface area contributed by atoms with Crippen molar-refractivity contribution < 1.29 is 9.53 Å². The molecule has 1 unspecified atom stereocenters. The number of rotatable bonds is 6. The molecule has 0 aromatic carbocycles. The van der Waals surface area contributed by atoms with E-state index in [1.54, 1.807) is 7.11 Å². The van der Waals surface area contributed by atoms with Crippen molar-refractivity contribution in [1.82, 2.24) is 4.90 Å². The molecule has 88 valence electrons. The number of aldehydes is 1. The zero-order chi connectivity index (χ0) is 11.3. The van der Waals surface area contributed by atoms with Crippen LogP contribution in [0.3, 0.4) is 0 Å². The van der Waals surface area contributed by atoms with E-state index in [4.69, 9.17) is 4.74 Å². The number of ether oxygens (including phenoxy) is 1. The number of hydrogen-bond acceptors (Lipinski definition) is 3. The van der Waals surface area contributed by atoms with Gasteiger partial charge in [0.1, 0.15) is 6.29 Å². The van der Waals surface area contributed by atoms with Gasteiger partial charge >= 0.3 is 0 Å². The number of carbonyl (C=O) groups is 1. The van der Waals surface area contributed by atoms with Crippen molar-refractivity contribution in [3.8, 4) is 0 Å². The quantitative estimate of drug-likeness (QED) is 0.629. The number of carbonyl (C=O) groups excluding carboxylic acids is 1. The summed E-state index contributed by atoms with van der Waals surface area (Å²) in [5, 5.41) is 0.